The van der Waals surface area contributed by atoms with E-state index < -0.39 is 6.10 Å². The van der Waals surface area contributed by atoms with Gasteiger partial charge < -0.3 is 10.1 Å². The van der Waals surface area contributed by atoms with Crippen LogP contribution >= 0.6 is 27.5 Å². The van der Waals surface area contributed by atoms with Crippen LogP contribution in [0.4, 0.5) is 5.82 Å². The number of hydrogen-bond acceptors (Lipinski definition) is 5. The van der Waals surface area contributed by atoms with E-state index in [1.807, 2.05) is 26.8 Å². The summed E-state index contributed by atoms with van der Waals surface area (Å²) in [4.78, 5) is 21.2. The fourth-order valence-corrected chi connectivity index (χ4v) is 3.21. The number of ether oxygens (including phenoxy) is 1. The Bertz CT molecular complexity index is 1020. The molecule has 1 N–H and O–H groups in total. The molecule has 1 amide bonds. The molecule has 1 unspecified atom stereocenters. The summed E-state index contributed by atoms with van der Waals surface area (Å²) in [5, 5.41) is 8.03. The molecule has 0 saturated heterocycles. The van der Waals surface area contributed by atoms with Crippen LogP contribution in [0, 0.1) is 0 Å². The van der Waals surface area contributed by atoms with Gasteiger partial charge in [0.15, 0.2) is 6.10 Å². The zero-order valence-electron chi connectivity index (χ0n) is 16.5. The van der Waals surface area contributed by atoms with Gasteiger partial charge in [-0.1, -0.05) is 32.4 Å². The Morgan fingerprint density at radius 1 is 1.24 bits per heavy atom. The van der Waals surface area contributed by atoms with Crippen LogP contribution in [0.3, 0.4) is 0 Å². The second kappa shape index (κ2) is 8.51. The molecule has 2 aromatic heterocycles. The van der Waals surface area contributed by atoms with Crippen molar-refractivity contribution in [2.24, 2.45) is 0 Å². The molecular weight excluding hydrogens is 458 g/mol. The van der Waals surface area contributed by atoms with Gasteiger partial charge in [-0.05, 0) is 47.1 Å². The van der Waals surface area contributed by atoms with Gasteiger partial charge in [0.2, 0.25) is 0 Å². The summed E-state index contributed by atoms with van der Waals surface area (Å²) in [6.07, 6.45) is 2.48. The maximum absolute atomic E-state index is 12.8. The minimum atomic E-state index is -0.759. The second-order valence-electron chi connectivity index (χ2n) is 7.45. The fourth-order valence-electron chi connectivity index (χ4n) is 2.43. The molecular formula is C20H21BrClN5O2. The van der Waals surface area contributed by atoms with E-state index in [0.29, 0.717) is 27.0 Å². The molecule has 152 valence electrons. The third kappa shape index (κ3) is 5.13. The Hall–Kier alpha value is -2.45. The lowest BCUT2D eigenvalue weighted by molar-refractivity contribution is -0.122. The maximum Gasteiger partial charge on any atom is 0.266 e. The number of halogens is 2. The smallest absolute Gasteiger partial charge is 0.266 e. The molecule has 9 heteroatoms. The molecule has 1 atom stereocenters. The quantitative estimate of drug-likeness (QED) is 0.570. The highest BCUT2D eigenvalue weighted by Gasteiger charge is 2.24. The van der Waals surface area contributed by atoms with Gasteiger partial charge >= 0.3 is 0 Å². The largest absolute Gasteiger partial charge is 0.480 e. The van der Waals surface area contributed by atoms with Crippen molar-refractivity contribution in [1.29, 1.82) is 0 Å². The van der Waals surface area contributed by atoms with Crippen LogP contribution in [0.1, 0.15) is 33.4 Å². The van der Waals surface area contributed by atoms with E-state index in [9.17, 15) is 4.79 Å². The lowest BCUT2D eigenvalue weighted by Gasteiger charge is -2.16. The molecule has 0 spiro atoms. The second-order valence-corrected chi connectivity index (χ2v) is 8.74. The third-order valence-electron chi connectivity index (χ3n) is 4.04. The maximum atomic E-state index is 12.8. The Morgan fingerprint density at radius 3 is 2.55 bits per heavy atom. The van der Waals surface area contributed by atoms with Crippen LogP contribution in [0.2, 0.25) is 5.02 Å². The number of rotatable bonds is 5. The average molecular weight is 479 g/mol. The minimum absolute atomic E-state index is 0.213. The number of aromatic nitrogens is 4. The number of nitrogens with zero attached hydrogens (tertiary/aromatic N) is 4. The molecule has 0 radical (unpaired) electrons. The van der Waals surface area contributed by atoms with Crippen molar-refractivity contribution in [3.05, 3.63) is 57.9 Å². The number of nitrogens with one attached hydrogen (secondary N) is 1. The molecule has 2 heterocycles. The van der Waals surface area contributed by atoms with Crippen molar-refractivity contribution in [2.45, 2.75) is 39.2 Å². The van der Waals surface area contributed by atoms with Crippen molar-refractivity contribution in [2.75, 3.05) is 5.32 Å². The van der Waals surface area contributed by atoms with E-state index in [1.54, 1.807) is 43.6 Å². The minimum Gasteiger partial charge on any atom is -0.480 e. The summed E-state index contributed by atoms with van der Waals surface area (Å²) >= 11 is 9.34. The molecule has 29 heavy (non-hydrogen) atoms. The number of hydrogen-bond donors (Lipinski definition) is 1. The van der Waals surface area contributed by atoms with Gasteiger partial charge in [0.05, 0.1) is 10.2 Å². The van der Waals surface area contributed by atoms with E-state index in [0.717, 1.165) is 5.69 Å². The van der Waals surface area contributed by atoms with Gasteiger partial charge in [-0.2, -0.15) is 9.78 Å². The van der Waals surface area contributed by atoms with Gasteiger partial charge in [-0.3, -0.25) is 4.79 Å². The summed E-state index contributed by atoms with van der Waals surface area (Å²) in [7, 11) is 0. The van der Waals surface area contributed by atoms with Crippen LogP contribution < -0.4 is 10.1 Å². The van der Waals surface area contributed by atoms with Gasteiger partial charge in [0.25, 0.3) is 11.9 Å². The number of carbonyl (C=O) groups is 1. The zero-order valence-corrected chi connectivity index (χ0v) is 18.8. The average Bonchev–Trinajstić information content (AvgIpc) is 3.09. The standard InChI is InChI=1S/C20H21BrClN5O2/c1-12(29-15-7-6-13(22)10-14(15)21)18(28)25-17-11-16(20(2,3)4)26-27(17)19-23-8-5-9-24-19/h5-12H,1-4H3,(H,25,28). The first kappa shape index (κ1) is 21.3. The topological polar surface area (TPSA) is 81.9 Å². The van der Waals surface area contributed by atoms with Crippen molar-refractivity contribution in [3.8, 4) is 11.7 Å². The Labute approximate surface area is 182 Å². The van der Waals surface area contributed by atoms with Crippen molar-refractivity contribution in [3.63, 3.8) is 0 Å². The van der Waals surface area contributed by atoms with Crippen molar-refractivity contribution >= 4 is 39.3 Å². The van der Waals surface area contributed by atoms with E-state index in [-0.39, 0.29) is 11.3 Å². The molecule has 0 bridgehead atoms. The highest BCUT2D eigenvalue weighted by atomic mass is 79.9. The van der Waals surface area contributed by atoms with Crippen LogP contribution in [-0.4, -0.2) is 31.8 Å². The summed E-state index contributed by atoms with van der Waals surface area (Å²) in [5.41, 5.74) is 0.588. The molecule has 0 aliphatic heterocycles. The number of carbonyl (C=O) groups excluding carboxylic acids is 1. The van der Waals surface area contributed by atoms with Crippen LogP contribution in [0.25, 0.3) is 5.95 Å². The molecule has 0 aliphatic carbocycles. The number of anilines is 1. The zero-order chi connectivity index (χ0) is 21.2. The molecule has 1 aromatic carbocycles. The lowest BCUT2D eigenvalue weighted by Crippen LogP contribution is -2.31. The van der Waals surface area contributed by atoms with Crippen molar-refractivity contribution in [1.82, 2.24) is 19.7 Å². The van der Waals surface area contributed by atoms with E-state index in [4.69, 9.17) is 16.3 Å². The van der Waals surface area contributed by atoms with Crippen LogP contribution in [-0.2, 0) is 10.2 Å². The lowest BCUT2D eigenvalue weighted by atomic mass is 9.92. The summed E-state index contributed by atoms with van der Waals surface area (Å²) in [6, 6.07) is 8.65. The molecule has 3 rings (SSSR count). The van der Waals surface area contributed by atoms with E-state index in [1.165, 1.54) is 4.68 Å². The molecule has 0 saturated carbocycles. The van der Waals surface area contributed by atoms with E-state index in [2.05, 4.69) is 36.3 Å². The first-order chi connectivity index (χ1) is 13.6. The van der Waals surface area contributed by atoms with Crippen LogP contribution in [0.15, 0.2) is 47.2 Å². The van der Waals surface area contributed by atoms with E-state index >= 15 is 0 Å². The third-order valence-corrected chi connectivity index (χ3v) is 4.89. The normalized spacial score (nSPS) is 12.5. The Morgan fingerprint density at radius 2 is 1.93 bits per heavy atom. The predicted octanol–water partition coefficient (Wildman–Crippen LogP) is 4.78. The van der Waals surface area contributed by atoms with Gasteiger partial charge in [0, 0.05) is 28.9 Å². The summed E-state index contributed by atoms with van der Waals surface area (Å²) in [5.74, 6) is 1.03. The van der Waals surface area contributed by atoms with Crippen molar-refractivity contribution < 1.29 is 9.53 Å². The van der Waals surface area contributed by atoms with Gasteiger partial charge in [0.1, 0.15) is 11.6 Å². The highest BCUT2D eigenvalue weighted by Crippen LogP contribution is 2.29. The summed E-state index contributed by atoms with van der Waals surface area (Å²) in [6.45, 7) is 7.80. The first-order valence-corrected chi connectivity index (χ1v) is 10.1. The Balaban J connectivity index is 1.84. The monoisotopic (exact) mass is 477 g/mol. The van der Waals surface area contributed by atoms with Gasteiger partial charge in [-0.15, -0.1) is 0 Å². The highest BCUT2D eigenvalue weighted by molar-refractivity contribution is 9.10. The fraction of sp³-hybridized carbons (Fsp3) is 0.300. The van der Waals surface area contributed by atoms with Crippen LogP contribution in [0.5, 0.6) is 5.75 Å². The summed E-state index contributed by atoms with van der Waals surface area (Å²) < 4.78 is 7.96. The number of amides is 1. The molecule has 0 aliphatic rings. The molecule has 7 nitrogen and oxygen atoms in total. The first-order valence-electron chi connectivity index (χ1n) is 8.95. The predicted molar refractivity (Wildman–Crippen MR) is 116 cm³/mol. The Kier molecular flexibility index (Phi) is 6.24. The van der Waals surface area contributed by atoms with Gasteiger partial charge in [-0.25, -0.2) is 9.97 Å². The SMILES string of the molecule is CC(Oc1ccc(Cl)cc1Br)C(=O)Nc1cc(C(C)(C)C)nn1-c1ncccn1. The number of benzene rings is 1. The molecule has 0 fully saturated rings. The molecule has 3 aromatic rings.